The maximum Gasteiger partial charge on any atom is 0.0406 e. The first kappa shape index (κ1) is 11.8. The van der Waals surface area contributed by atoms with Crippen LogP contribution in [0.5, 0.6) is 0 Å². The lowest BCUT2D eigenvalue weighted by atomic mass is 10.2. The van der Waals surface area contributed by atoms with Crippen LogP contribution in [0.3, 0.4) is 0 Å². The number of nitrogens with zero attached hydrogens (tertiary/aromatic N) is 1. The van der Waals surface area contributed by atoms with Crippen LogP contribution in [0, 0.1) is 0 Å². The molecule has 1 aromatic carbocycles. The molecular formula is C14H21N. The Labute approximate surface area is 93.4 Å². The zero-order valence-electron chi connectivity index (χ0n) is 10.0. The Kier molecular flexibility index (Phi) is 4.96. The van der Waals surface area contributed by atoms with Crippen molar-refractivity contribution < 1.29 is 0 Å². The van der Waals surface area contributed by atoms with Crippen LogP contribution in [-0.2, 0) is 0 Å². The molecule has 0 spiro atoms. The van der Waals surface area contributed by atoms with E-state index >= 15 is 0 Å². The second-order valence-electron chi connectivity index (χ2n) is 4.09. The van der Waals surface area contributed by atoms with E-state index < -0.39 is 0 Å². The van der Waals surface area contributed by atoms with Crippen LogP contribution in [0.4, 0.5) is 5.69 Å². The molecular weight excluding hydrogens is 182 g/mol. The number of hydrogen-bond acceptors (Lipinski definition) is 1. The Bertz CT molecular complexity index is 296. The standard InChI is InChI=1S/C14H21N/c1-4-5-11-15(12-13(2)3)14-9-7-6-8-10-14/h6-10,12H,4-5,11H2,1-3H3. The predicted octanol–water partition coefficient (Wildman–Crippen LogP) is 4.22. The van der Waals surface area contributed by atoms with Gasteiger partial charge in [-0.2, -0.15) is 0 Å². The first-order chi connectivity index (χ1) is 7.24. The topological polar surface area (TPSA) is 3.24 Å². The van der Waals surface area contributed by atoms with Crippen molar-refractivity contribution in [3.8, 4) is 0 Å². The first-order valence-corrected chi connectivity index (χ1v) is 5.70. The summed E-state index contributed by atoms with van der Waals surface area (Å²) in [4.78, 5) is 2.33. The minimum absolute atomic E-state index is 1.10. The molecule has 0 amide bonds. The molecule has 0 aliphatic carbocycles. The summed E-state index contributed by atoms with van der Waals surface area (Å²) in [7, 11) is 0. The van der Waals surface area contributed by atoms with Gasteiger partial charge in [0.2, 0.25) is 0 Å². The molecule has 1 heteroatoms. The average molecular weight is 203 g/mol. The quantitative estimate of drug-likeness (QED) is 0.692. The van der Waals surface area contributed by atoms with Gasteiger partial charge < -0.3 is 4.90 Å². The second-order valence-corrected chi connectivity index (χ2v) is 4.09. The van der Waals surface area contributed by atoms with Gasteiger partial charge in [-0.1, -0.05) is 37.1 Å². The number of unbranched alkanes of at least 4 members (excludes halogenated alkanes) is 1. The van der Waals surface area contributed by atoms with Crippen LogP contribution in [0.25, 0.3) is 0 Å². The van der Waals surface area contributed by atoms with E-state index in [0.717, 1.165) is 6.54 Å². The highest BCUT2D eigenvalue weighted by Gasteiger charge is 2.01. The molecule has 0 aromatic heterocycles. The van der Waals surface area contributed by atoms with Crippen molar-refractivity contribution in [2.75, 3.05) is 11.4 Å². The van der Waals surface area contributed by atoms with Crippen molar-refractivity contribution in [2.24, 2.45) is 0 Å². The minimum atomic E-state index is 1.10. The third-order valence-corrected chi connectivity index (χ3v) is 2.25. The van der Waals surface area contributed by atoms with Crippen molar-refractivity contribution in [3.05, 3.63) is 42.1 Å². The molecule has 1 rings (SSSR count). The van der Waals surface area contributed by atoms with E-state index in [1.165, 1.54) is 24.1 Å². The molecule has 1 nitrogen and oxygen atoms in total. The number of anilines is 1. The summed E-state index contributed by atoms with van der Waals surface area (Å²) in [5.41, 5.74) is 2.63. The summed E-state index contributed by atoms with van der Waals surface area (Å²) in [6, 6.07) is 10.6. The molecule has 0 atom stereocenters. The summed E-state index contributed by atoms with van der Waals surface area (Å²) in [6.45, 7) is 7.61. The molecule has 0 N–H and O–H groups in total. The van der Waals surface area contributed by atoms with Gasteiger partial charge in [-0.15, -0.1) is 0 Å². The van der Waals surface area contributed by atoms with Gasteiger partial charge in [-0.3, -0.25) is 0 Å². The Balaban J connectivity index is 2.77. The highest BCUT2D eigenvalue weighted by atomic mass is 15.1. The van der Waals surface area contributed by atoms with Crippen LogP contribution in [0.2, 0.25) is 0 Å². The van der Waals surface area contributed by atoms with E-state index in [9.17, 15) is 0 Å². The molecule has 1 aromatic rings. The summed E-state index contributed by atoms with van der Waals surface area (Å²) in [6.07, 6.45) is 4.70. The number of para-hydroxylation sites is 1. The van der Waals surface area contributed by atoms with Crippen LogP contribution in [0.1, 0.15) is 33.6 Å². The van der Waals surface area contributed by atoms with Gasteiger partial charge in [0.05, 0.1) is 0 Å². The maximum atomic E-state index is 2.33. The van der Waals surface area contributed by atoms with Crippen molar-refractivity contribution in [1.29, 1.82) is 0 Å². The number of allylic oxidation sites excluding steroid dienone is 1. The fourth-order valence-electron chi connectivity index (χ4n) is 1.53. The highest BCUT2D eigenvalue weighted by Crippen LogP contribution is 2.15. The zero-order valence-corrected chi connectivity index (χ0v) is 10.0. The molecule has 0 aliphatic heterocycles. The largest absolute Gasteiger partial charge is 0.348 e. The summed E-state index contributed by atoms with van der Waals surface area (Å²) in [5.74, 6) is 0. The molecule has 0 saturated heterocycles. The van der Waals surface area contributed by atoms with Gasteiger partial charge in [0.1, 0.15) is 0 Å². The van der Waals surface area contributed by atoms with E-state index in [0.29, 0.717) is 0 Å². The summed E-state index contributed by atoms with van der Waals surface area (Å²) in [5, 5.41) is 0. The monoisotopic (exact) mass is 203 g/mol. The van der Waals surface area contributed by atoms with Crippen molar-refractivity contribution in [3.63, 3.8) is 0 Å². The number of hydrogen-bond donors (Lipinski definition) is 0. The molecule has 0 unspecified atom stereocenters. The van der Waals surface area contributed by atoms with Gasteiger partial charge >= 0.3 is 0 Å². The average Bonchev–Trinajstić information content (AvgIpc) is 2.25. The summed E-state index contributed by atoms with van der Waals surface area (Å²) < 4.78 is 0. The molecule has 82 valence electrons. The van der Waals surface area contributed by atoms with Gasteiger partial charge in [0, 0.05) is 18.4 Å². The highest BCUT2D eigenvalue weighted by molar-refractivity contribution is 5.49. The number of benzene rings is 1. The fraction of sp³-hybridized carbons (Fsp3) is 0.429. The molecule has 15 heavy (non-hydrogen) atoms. The molecule has 0 bridgehead atoms. The summed E-state index contributed by atoms with van der Waals surface area (Å²) >= 11 is 0. The molecule has 0 aliphatic rings. The van der Waals surface area contributed by atoms with Crippen molar-refractivity contribution >= 4 is 5.69 Å². The van der Waals surface area contributed by atoms with E-state index in [2.05, 4.69) is 62.2 Å². The third-order valence-electron chi connectivity index (χ3n) is 2.25. The van der Waals surface area contributed by atoms with Crippen molar-refractivity contribution in [2.45, 2.75) is 33.6 Å². The molecule has 0 fully saturated rings. The van der Waals surface area contributed by atoms with Crippen LogP contribution >= 0.6 is 0 Å². The Morgan fingerprint density at radius 3 is 2.40 bits per heavy atom. The third kappa shape index (κ3) is 4.20. The van der Waals surface area contributed by atoms with E-state index in [1.807, 2.05) is 0 Å². The van der Waals surface area contributed by atoms with E-state index in [1.54, 1.807) is 0 Å². The lowest BCUT2D eigenvalue weighted by molar-refractivity contribution is 0.780. The van der Waals surface area contributed by atoms with E-state index in [-0.39, 0.29) is 0 Å². The van der Waals surface area contributed by atoms with Crippen LogP contribution < -0.4 is 4.90 Å². The molecule has 0 saturated carbocycles. The minimum Gasteiger partial charge on any atom is -0.348 e. The normalized spacial score (nSPS) is 9.80. The smallest absolute Gasteiger partial charge is 0.0406 e. The SMILES string of the molecule is CCCCN(C=C(C)C)c1ccccc1. The Morgan fingerprint density at radius 2 is 1.87 bits per heavy atom. The van der Waals surface area contributed by atoms with Gasteiger partial charge in [-0.25, -0.2) is 0 Å². The fourth-order valence-corrected chi connectivity index (χ4v) is 1.53. The molecule has 0 heterocycles. The second kappa shape index (κ2) is 6.28. The Morgan fingerprint density at radius 1 is 1.20 bits per heavy atom. The van der Waals surface area contributed by atoms with Crippen LogP contribution in [-0.4, -0.2) is 6.54 Å². The first-order valence-electron chi connectivity index (χ1n) is 5.70. The van der Waals surface area contributed by atoms with E-state index in [4.69, 9.17) is 0 Å². The predicted molar refractivity (Wildman–Crippen MR) is 68.1 cm³/mol. The van der Waals surface area contributed by atoms with Crippen molar-refractivity contribution in [1.82, 2.24) is 0 Å². The zero-order chi connectivity index (χ0) is 11.1. The number of rotatable bonds is 5. The lowest BCUT2D eigenvalue weighted by Crippen LogP contribution is -2.17. The maximum absolute atomic E-state index is 2.33. The molecule has 0 radical (unpaired) electrons. The van der Waals surface area contributed by atoms with Gasteiger partial charge in [-0.05, 0) is 32.4 Å². The van der Waals surface area contributed by atoms with Crippen LogP contribution in [0.15, 0.2) is 42.1 Å². The lowest BCUT2D eigenvalue weighted by Gasteiger charge is -2.21. The van der Waals surface area contributed by atoms with Gasteiger partial charge in [0.15, 0.2) is 0 Å². The van der Waals surface area contributed by atoms with Gasteiger partial charge in [0.25, 0.3) is 0 Å². The Hall–Kier alpha value is -1.24.